The third-order valence-corrected chi connectivity index (χ3v) is 1.68. The molecule has 0 bridgehead atoms. The third-order valence-electron chi connectivity index (χ3n) is 1.68. The minimum Gasteiger partial charge on any atom is -0.436 e. The number of esters is 1. The molecule has 1 unspecified atom stereocenters. The van der Waals surface area contributed by atoms with Crippen LogP contribution in [0.2, 0.25) is 0 Å². The normalized spacial score (nSPS) is 12.5. The molecule has 0 aliphatic rings. The Morgan fingerprint density at radius 2 is 2.00 bits per heavy atom. The van der Waals surface area contributed by atoms with E-state index in [9.17, 15) is 4.79 Å². The van der Waals surface area contributed by atoms with Gasteiger partial charge in [-0.1, -0.05) is 20.3 Å². The van der Waals surface area contributed by atoms with Crippen LogP contribution in [0.15, 0.2) is 0 Å². The Morgan fingerprint density at radius 1 is 1.31 bits per heavy atom. The Bertz CT molecular complexity index is 134. The highest BCUT2D eigenvalue weighted by Crippen LogP contribution is 2.04. The number of ether oxygens (including phenoxy) is 2. The maximum Gasteiger partial charge on any atom is 0.308 e. The van der Waals surface area contributed by atoms with Crippen molar-refractivity contribution in [1.82, 2.24) is 0 Å². The lowest BCUT2D eigenvalue weighted by atomic mass is 10.2. The van der Waals surface area contributed by atoms with Crippen molar-refractivity contribution in [2.24, 2.45) is 0 Å². The van der Waals surface area contributed by atoms with Crippen molar-refractivity contribution in [3.05, 3.63) is 0 Å². The van der Waals surface area contributed by atoms with Crippen LogP contribution < -0.4 is 0 Å². The molecule has 3 nitrogen and oxygen atoms in total. The van der Waals surface area contributed by atoms with Crippen molar-refractivity contribution in [3.8, 4) is 0 Å². The molecule has 1 atom stereocenters. The molecule has 0 saturated heterocycles. The van der Waals surface area contributed by atoms with Crippen molar-refractivity contribution < 1.29 is 14.3 Å². The second-order valence-electron chi connectivity index (χ2n) is 2.89. The number of hydrogen-bond donors (Lipinski definition) is 0. The van der Waals surface area contributed by atoms with E-state index in [-0.39, 0.29) is 12.3 Å². The highest BCUT2D eigenvalue weighted by Gasteiger charge is 2.10. The molecule has 78 valence electrons. The van der Waals surface area contributed by atoms with Gasteiger partial charge in [0, 0.05) is 19.4 Å². The molecule has 3 heteroatoms. The van der Waals surface area contributed by atoms with Crippen molar-refractivity contribution >= 4 is 5.97 Å². The van der Waals surface area contributed by atoms with Gasteiger partial charge in [0.05, 0.1) is 0 Å². The number of carbonyl (C=O) groups excluding carboxylic acids is 1. The molecule has 0 aromatic rings. The SMILES string of the molecule is CCCCC(=O)OC(CC)OCC. The average molecular weight is 188 g/mol. The van der Waals surface area contributed by atoms with E-state index in [0.29, 0.717) is 19.4 Å². The lowest BCUT2D eigenvalue weighted by molar-refractivity contribution is -0.178. The Labute approximate surface area is 80.4 Å². The molecule has 13 heavy (non-hydrogen) atoms. The lowest BCUT2D eigenvalue weighted by Gasteiger charge is -2.15. The fourth-order valence-corrected chi connectivity index (χ4v) is 0.948. The smallest absolute Gasteiger partial charge is 0.308 e. The molecule has 0 aromatic heterocycles. The maximum absolute atomic E-state index is 11.1. The highest BCUT2D eigenvalue weighted by atomic mass is 16.7. The first-order chi connectivity index (χ1) is 6.24. The van der Waals surface area contributed by atoms with Crippen LogP contribution in [0.25, 0.3) is 0 Å². The van der Waals surface area contributed by atoms with Crippen molar-refractivity contribution in [3.63, 3.8) is 0 Å². The number of carbonyl (C=O) groups is 1. The molecule has 0 rings (SSSR count). The highest BCUT2D eigenvalue weighted by molar-refractivity contribution is 5.69. The van der Waals surface area contributed by atoms with Gasteiger partial charge in [0.2, 0.25) is 6.29 Å². The number of unbranched alkanes of at least 4 members (excludes halogenated alkanes) is 1. The summed E-state index contributed by atoms with van der Waals surface area (Å²) in [6.45, 7) is 6.46. The molecule has 0 aromatic carbocycles. The number of rotatable bonds is 7. The second kappa shape index (κ2) is 8.05. The molecule has 0 fully saturated rings. The predicted molar refractivity (Wildman–Crippen MR) is 51.3 cm³/mol. The molecule has 0 spiro atoms. The van der Waals surface area contributed by atoms with Crippen LogP contribution in [0.3, 0.4) is 0 Å². The van der Waals surface area contributed by atoms with Gasteiger partial charge < -0.3 is 9.47 Å². The van der Waals surface area contributed by atoms with E-state index >= 15 is 0 Å². The summed E-state index contributed by atoms with van der Waals surface area (Å²) in [4.78, 5) is 11.1. The zero-order valence-corrected chi connectivity index (χ0v) is 8.84. The van der Waals surface area contributed by atoms with E-state index in [4.69, 9.17) is 9.47 Å². The first kappa shape index (κ1) is 12.4. The first-order valence-corrected chi connectivity index (χ1v) is 5.05. The molecule has 0 aliphatic carbocycles. The molecule has 0 radical (unpaired) electrons. The van der Waals surface area contributed by atoms with Gasteiger partial charge in [-0.05, 0) is 13.3 Å². The van der Waals surface area contributed by atoms with Crippen molar-refractivity contribution in [2.75, 3.05) is 6.61 Å². The average Bonchev–Trinajstić information content (AvgIpc) is 2.14. The maximum atomic E-state index is 11.1. The van der Waals surface area contributed by atoms with Gasteiger partial charge in [-0.3, -0.25) is 4.79 Å². The second-order valence-corrected chi connectivity index (χ2v) is 2.89. The van der Waals surface area contributed by atoms with Crippen molar-refractivity contribution in [2.45, 2.75) is 52.7 Å². The topological polar surface area (TPSA) is 35.5 Å². The standard InChI is InChI=1S/C10H20O3/c1-4-7-8-9(11)13-10(5-2)12-6-3/h10H,4-8H2,1-3H3. The largest absolute Gasteiger partial charge is 0.436 e. The summed E-state index contributed by atoms with van der Waals surface area (Å²) in [6, 6.07) is 0. The van der Waals surface area contributed by atoms with Gasteiger partial charge in [0.25, 0.3) is 0 Å². The molecule has 0 N–H and O–H groups in total. The van der Waals surface area contributed by atoms with Crippen LogP contribution in [0.4, 0.5) is 0 Å². The van der Waals surface area contributed by atoms with Crippen LogP contribution in [0.5, 0.6) is 0 Å². The number of hydrogen-bond acceptors (Lipinski definition) is 3. The third kappa shape index (κ3) is 6.58. The molecule has 0 aliphatic heterocycles. The summed E-state index contributed by atoms with van der Waals surface area (Å²) >= 11 is 0. The molecule has 0 heterocycles. The molecular formula is C10H20O3. The van der Waals surface area contributed by atoms with Gasteiger partial charge in [-0.15, -0.1) is 0 Å². The summed E-state index contributed by atoms with van der Waals surface area (Å²) in [5, 5.41) is 0. The Kier molecular flexibility index (Phi) is 7.69. The van der Waals surface area contributed by atoms with E-state index < -0.39 is 0 Å². The molecule has 0 saturated carbocycles. The summed E-state index contributed by atoms with van der Waals surface area (Å²) in [5.41, 5.74) is 0. The van der Waals surface area contributed by atoms with Crippen LogP contribution in [0.1, 0.15) is 46.5 Å². The van der Waals surface area contributed by atoms with Gasteiger partial charge in [-0.2, -0.15) is 0 Å². The van der Waals surface area contributed by atoms with Gasteiger partial charge >= 0.3 is 5.97 Å². The van der Waals surface area contributed by atoms with Crippen molar-refractivity contribution in [1.29, 1.82) is 0 Å². The van der Waals surface area contributed by atoms with Gasteiger partial charge in [-0.25, -0.2) is 0 Å². The zero-order valence-electron chi connectivity index (χ0n) is 8.84. The Morgan fingerprint density at radius 3 is 2.46 bits per heavy atom. The fraction of sp³-hybridized carbons (Fsp3) is 0.900. The minimum atomic E-state index is -0.352. The first-order valence-electron chi connectivity index (χ1n) is 5.05. The van der Waals surface area contributed by atoms with Gasteiger partial charge in [0.15, 0.2) is 0 Å². The van der Waals surface area contributed by atoms with E-state index in [1.54, 1.807) is 0 Å². The summed E-state index contributed by atoms with van der Waals surface area (Å²) in [5.74, 6) is -0.151. The van der Waals surface area contributed by atoms with E-state index in [0.717, 1.165) is 12.8 Å². The van der Waals surface area contributed by atoms with Gasteiger partial charge in [0.1, 0.15) is 0 Å². The van der Waals surface area contributed by atoms with E-state index in [1.807, 2.05) is 20.8 Å². The lowest BCUT2D eigenvalue weighted by Crippen LogP contribution is -2.20. The van der Waals surface area contributed by atoms with Crippen LogP contribution in [0, 0.1) is 0 Å². The van der Waals surface area contributed by atoms with Crippen LogP contribution in [-0.4, -0.2) is 18.9 Å². The molecule has 0 amide bonds. The fourth-order valence-electron chi connectivity index (χ4n) is 0.948. The monoisotopic (exact) mass is 188 g/mol. The Balaban J connectivity index is 3.60. The molecular weight excluding hydrogens is 168 g/mol. The predicted octanol–water partition coefficient (Wildman–Crippen LogP) is 2.49. The van der Waals surface area contributed by atoms with E-state index in [1.165, 1.54) is 0 Å². The van der Waals surface area contributed by atoms with E-state index in [2.05, 4.69) is 0 Å². The minimum absolute atomic E-state index is 0.151. The zero-order chi connectivity index (χ0) is 10.1. The summed E-state index contributed by atoms with van der Waals surface area (Å²) < 4.78 is 10.3. The Hall–Kier alpha value is -0.570. The summed E-state index contributed by atoms with van der Waals surface area (Å²) in [7, 11) is 0. The van der Waals surface area contributed by atoms with Crippen LogP contribution >= 0.6 is 0 Å². The summed E-state index contributed by atoms with van der Waals surface area (Å²) in [6.07, 6.45) is 2.77. The van der Waals surface area contributed by atoms with Crippen LogP contribution in [-0.2, 0) is 14.3 Å². The quantitative estimate of drug-likeness (QED) is 0.455.